The smallest absolute Gasteiger partial charge is 0.463 e. The molecule has 0 aliphatic heterocycles. The van der Waals surface area contributed by atoms with Gasteiger partial charge in [0.25, 0.3) is 0 Å². The third-order valence-corrected chi connectivity index (χ3v) is 24.6. The number of allylic oxidation sites excluding steroid dienone is 26. The summed E-state index contributed by atoms with van der Waals surface area (Å²) in [5.74, 6) is -1.57. The Balaban J connectivity index is 4.53. The minimum absolute atomic E-state index is 0.0902. The van der Waals surface area contributed by atoms with Gasteiger partial charge in [-0.2, -0.15) is 0 Å². The number of hydrogen-bond acceptors (Lipinski definition) is 14. The van der Waals surface area contributed by atoms with Gasteiger partial charge in [-0.25, -0.2) is 9.13 Å². The summed E-state index contributed by atoms with van der Waals surface area (Å²) in [4.78, 5) is 59.2. The van der Waals surface area contributed by atoms with Crippen LogP contribution in [-0.4, -0.2) is 95.9 Å². The van der Waals surface area contributed by atoms with Crippen LogP contribution in [0.5, 0.6) is 0 Å². The van der Waals surface area contributed by atoms with Crippen LogP contribution in [0.15, 0.2) is 158 Å². The van der Waals surface area contributed by atoms with E-state index < -0.39 is 91.5 Å². The molecule has 129 heavy (non-hydrogen) atoms. The van der Waals surface area contributed by atoms with Crippen molar-refractivity contribution in [2.24, 2.45) is 0 Å². The number of phosphoric acid groups is 2. The van der Waals surface area contributed by atoms with Crippen molar-refractivity contribution in [3.05, 3.63) is 158 Å². The highest BCUT2D eigenvalue weighted by molar-refractivity contribution is 7.47. The van der Waals surface area contributed by atoms with E-state index in [1.165, 1.54) is 257 Å². The molecule has 5 atom stereocenters. The number of carbonyl (C=O) groups excluding carboxylic acids is 3. The van der Waals surface area contributed by atoms with Gasteiger partial charge in [0.2, 0.25) is 0 Å². The van der Waals surface area contributed by atoms with Crippen molar-refractivity contribution in [1.82, 2.24) is 0 Å². The molecule has 0 saturated carbocycles. The minimum Gasteiger partial charge on any atom is -0.463 e. The molecule has 0 aliphatic carbocycles. The van der Waals surface area contributed by atoms with Crippen LogP contribution in [0.2, 0.25) is 0 Å². The summed E-state index contributed by atoms with van der Waals surface area (Å²) in [5, 5.41) is 20.8. The molecule has 0 saturated heterocycles. The monoisotopic (exact) mass is 1850 g/mol. The van der Waals surface area contributed by atoms with Crippen LogP contribution in [0.1, 0.15) is 470 Å². The number of aliphatic hydroxyl groups is 2. The molecule has 0 heterocycles. The first-order chi connectivity index (χ1) is 63.2. The van der Waals surface area contributed by atoms with E-state index in [0.717, 1.165) is 154 Å². The molecule has 0 rings (SSSR count). The van der Waals surface area contributed by atoms with Crippen molar-refractivity contribution in [2.45, 2.75) is 489 Å². The number of aliphatic hydroxyl groups excluding tert-OH is 2. The predicted molar refractivity (Wildman–Crippen MR) is 546 cm³/mol. The third-order valence-electron chi connectivity index (χ3n) is 22.7. The summed E-state index contributed by atoms with van der Waals surface area (Å²) in [6.45, 7) is 2.59. The molecule has 0 aromatic rings. The zero-order chi connectivity index (χ0) is 93.5. The number of hydrogen-bond donors (Lipinski definition) is 4. The molecule has 0 amide bonds. The lowest BCUT2D eigenvalue weighted by Gasteiger charge is -2.21. The summed E-state index contributed by atoms with van der Waals surface area (Å²) in [6, 6.07) is 0. The summed E-state index contributed by atoms with van der Waals surface area (Å²) >= 11 is 0. The van der Waals surface area contributed by atoms with Crippen LogP contribution < -0.4 is 0 Å². The highest BCUT2D eigenvalue weighted by Crippen LogP contribution is 2.45. The first kappa shape index (κ1) is 124. The molecule has 4 N–H and O–H groups in total. The Bertz CT molecular complexity index is 2980. The lowest BCUT2D eigenvalue weighted by atomic mass is 10.0. The second-order valence-electron chi connectivity index (χ2n) is 35.3. The van der Waals surface area contributed by atoms with Crippen LogP contribution >= 0.6 is 15.6 Å². The number of unbranched alkanes of at least 4 members (excludes halogenated alkanes) is 51. The SMILES string of the molecule is CC/C=C\C/C=C\C/C=C\C/C=C\C/C=C\CCCCCCCCCC(=O)OC(COC(=O)CCCCCCCCCCCCCCCCCCCCC/C=C\C/C=C\C/C=C\C/C=C\CCCCC)COP(=O)(O)OCC(O)COP(=O)(O)OCC(O)COC(=O)CCCCCCCCCCCCCCCCCCCCC/C=C\C/C=C\C/C=C\C/C=C\CCCCC. The van der Waals surface area contributed by atoms with E-state index in [1.807, 2.05) is 0 Å². The second kappa shape index (κ2) is 102. The predicted octanol–water partition coefficient (Wildman–Crippen LogP) is 33.6. The maximum Gasteiger partial charge on any atom is 0.472 e. The van der Waals surface area contributed by atoms with Crippen LogP contribution in [0.3, 0.4) is 0 Å². The summed E-state index contributed by atoms with van der Waals surface area (Å²) in [7, 11) is -9.82. The van der Waals surface area contributed by atoms with Crippen molar-refractivity contribution in [3.8, 4) is 0 Å². The molecular weight excluding hydrogens is 1650 g/mol. The number of carbonyl (C=O) groups is 3. The van der Waals surface area contributed by atoms with Gasteiger partial charge in [0.05, 0.1) is 26.4 Å². The van der Waals surface area contributed by atoms with Crippen molar-refractivity contribution >= 4 is 33.6 Å². The molecule has 0 fully saturated rings. The molecular formula is C111H194O16P2. The average Bonchev–Trinajstić information content (AvgIpc) is 0.895. The van der Waals surface area contributed by atoms with Gasteiger partial charge in [-0.1, -0.05) is 455 Å². The zero-order valence-electron chi connectivity index (χ0n) is 82.6. The lowest BCUT2D eigenvalue weighted by molar-refractivity contribution is -0.161. The zero-order valence-corrected chi connectivity index (χ0v) is 84.4. The standard InChI is InChI=1S/C111H194O16P2/c1-4-7-10-13-16-19-22-25-28-31-34-37-40-42-44-46-48-50-52-54-56-58-60-62-65-67-70-73-76-79-82-85-88-91-94-97-109(114)121-100-106(112)101-123-128(117,118)124-102-107(113)103-125-129(119,120)126-105-108(127-111(116)99-96-93-90-87-84-81-78-75-72-69-64-39-36-33-30-27-24-21-18-15-12-9-6-3)104-122-110(115)98-95-92-89-86-83-80-77-74-71-68-66-63-61-59-57-55-53-51-49-47-45-43-41-38-35-32-29-26-23-20-17-14-11-8-5-2/h9,12,16-21,25-30,34-39,42-45,69,72,106-108,112-113H,4-8,10-11,13-15,22-24,31-33,40-41,46-68,70-71,73-105H2,1-3H3,(H,117,118)(H,119,120)/b12-9-,19-16-,20-17-,21-18-,28-25-,29-26-,30-27-,37-34-,38-35-,39-36-,44-42-,45-43-,72-69-. The maximum absolute atomic E-state index is 13.1. The summed E-state index contributed by atoms with van der Waals surface area (Å²) in [6.07, 6.45) is 133. The molecule has 0 radical (unpaired) electrons. The summed E-state index contributed by atoms with van der Waals surface area (Å²) < 4.78 is 61.7. The van der Waals surface area contributed by atoms with E-state index in [-0.39, 0.29) is 19.3 Å². The normalized spacial score (nSPS) is 14.3. The Hall–Kier alpha value is -4.83. The van der Waals surface area contributed by atoms with Gasteiger partial charge in [-0.3, -0.25) is 32.5 Å². The molecule has 0 aromatic heterocycles. The lowest BCUT2D eigenvalue weighted by Crippen LogP contribution is -2.30. The molecule has 18 heteroatoms. The Labute approximate surface area is 790 Å². The Kier molecular flexibility index (Phi) is 98.3. The van der Waals surface area contributed by atoms with Gasteiger partial charge < -0.3 is 34.2 Å². The third kappa shape index (κ3) is 104. The van der Waals surface area contributed by atoms with Gasteiger partial charge in [0.15, 0.2) is 6.10 Å². The fourth-order valence-electron chi connectivity index (χ4n) is 14.7. The van der Waals surface area contributed by atoms with E-state index in [2.05, 4.69) is 179 Å². The van der Waals surface area contributed by atoms with Gasteiger partial charge >= 0.3 is 33.6 Å². The van der Waals surface area contributed by atoms with E-state index in [4.69, 9.17) is 32.3 Å². The van der Waals surface area contributed by atoms with Crippen molar-refractivity contribution in [2.75, 3.05) is 39.6 Å². The first-order valence-corrected chi connectivity index (χ1v) is 55.8. The Morgan fingerprint density at radius 2 is 0.411 bits per heavy atom. The average molecular weight is 1850 g/mol. The molecule has 16 nitrogen and oxygen atoms in total. The molecule has 0 bridgehead atoms. The minimum atomic E-state index is -4.95. The van der Waals surface area contributed by atoms with E-state index in [0.29, 0.717) is 19.3 Å². The van der Waals surface area contributed by atoms with Crippen molar-refractivity contribution < 1.29 is 75.8 Å². The van der Waals surface area contributed by atoms with Gasteiger partial charge in [-0.15, -0.1) is 0 Å². The fraction of sp³-hybridized carbons (Fsp3) is 0.739. The topological polar surface area (TPSA) is 231 Å². The Morgan fingerprint density at radius 3 is 0.651 bits per heavy atom. The summed E-state index contributed by atoms with van der Waals surface area (Å²) in [5.41, 5.74) is 0. The Morgan fingerprint density at radius 1 is 0.225 bits per heavy atom. The first-order valence-electron chi connectivity index (χ1n) is 52.8. The molecule has 5 unspecified atom stereocenters. The molecule has 0 spiro atoms. The van der Waals surface area contributed by atoms with E-state index in [9.17, 15) is 43.5 Å². The van der Waals surface area contributed by atoms with Gasteiger partial charge in [-0.05, 0) is 154 Å². The van der Waals surface area contributed by atoms with Crippen LogP contribution in [-0.2, 0) is 55.8 Å². The highest BCUT2D eigenvalue weighted by atomic mass is 31.2. The van der Waals surface area contributed by atoms with E-state index in [1.54, 1.807) is 0 Å². The second-order valence-corrected chi connectivity index (χ2v) is 38.2. The van der Waals surface area contributed by atoms with Crippen LogP contribution in [0, 0.1) is 0 Å². The largest absolute Gasteiger partial charge is 0.472 e. The molecule has 0 aliphatic rings. The number of ether oxygens (including phenoxy) is 3. The van der Waals surface area contributed by atoms with Crippen LogP contribution in [0.25, 0.3) is 0 Å². The van der Waals surface area contributed by atoms with E-state index >= 15 is 0 Å². The van der Waals surface area contributed by atoms with Crippen LogP contribution in [0.4, 0.5) is 0 Å². The molecule has 744 valence electrons. The maximum atomic E-state index is 13.1. The number of esters is 3. The number of rotatable bonds is 100. The fourth-order valence-corrected chi connectivity index (χ4v) is 16.3. The number of phosphoric ester groups is 2. The van der Waals surface area contributed by atoms with Crippen molar-refractivity contribution in [1.29, 1.82) is 0 Å². The molecule has 0 aromatic carbocycles. The quantitative estimate of drug-likeness (QED) is 0.0146. The highest BCUT2D eigenvalue weighted by Gasteiger charge is 2.30. The van der Waals surface area contributed by atoms with Gasteiger partial charge in [0.1, 0.15) is 25.4 Å². The van der Waals surface area contributed by atoms with Crippen molar-refractivity contribution in [3.63, 3.8) is 0 Å². The van der Waals surface area contributed by atoms with Gasteiger partial charge in [0, 0.05) is 19.3 Å².